The van der Waals surface area contributed by atoms with E-state index in [1.54, 1.807) is 12.1 Å². The predicted molar refractivity (Wildman–Crippen MR) is 113 cm³/mol. The lowest BCUT2D eigenvalue weighted by Gasteiger charge is -2.32. The zero-order valence-corrected chi connectivity index (χ0v) is 17.9. The maximum Gasteiger partial charge on any atom is 0.280 e. The minimum atomic E-state index is -3.78. The molecule has 2 saturated heterocycles. The number of amides is 1. The molecule has 9 heteroatoms. The van der Waals surface area contributed by atoms with Gasteiger partial charge in [0.25, 0.3) is 16.1 Å². The number of carbonyl (C=O) groups excluding carboxylic acids is 1. The molecule has 1 unspecified atom stereocenters. The standard InChI is InChI=1S/C22H26FN3O4S/c23-20-8-6-18(7-9-20)19-10-13-25(14-11-19)31(28,29)24-21-12-15-26(22(21)27)30-16-17-4-2-1-3-5-17/h1-9,19,21,24H,10-16H2. The Bertz CT molecular complexity index is 993. The smallest absolute Gasteiger partial charge is 0.271 e. The topological polar surface area (TPSA) is 79.0 Å². The van der Waals surface area contributed by atoms with Crippen LogP contribution in [0.3, 0.4) is 0 Å². The van der Waals surface area contributed by atoms with Crippen LogP contribution in [-0.4, -0.2) is 49.4 Å². The van der Waals surface area contributed by atoms with Crippen LogP contribution in [-0.2, 0) is 26.4 Å². The van der Waals surface area contributed by atoms with E-state index in [0.29, 0.717) is 38.9 Å². The molecule has 166 valence electrons. The molecule has 7 nitrogen and oxygen atoms in total. The van der Waals surface area contributed by atoms with Gasteiger partial charge in [0.1, 0.15) is 18.5 Å². The van der Waals surface area contributed by atoms with Crippen molar-refractivity contribution in [3.05, 3.63) is 71.5 Å². The van der Waals surface area contributed by atoms with Crippen molar-refractivity contribution in [3.8, 4) is 0 Å². The number of rotatable bonds is 7. The highest BCUT2D eigenvalue weighted by Crippen LogP contribution is 2.29. The number of hydrogen-bond donors (Lipinski definition) is 1. The van der Waals surface area contributed by atoms with E-state index >= 15 is 0 Å². The SMILES string of the molecule is O=C1C(NS(=O)(=O)N2CCC(c3ccc(F)cc3)CC2)CCN1OCc1ccccc1. The Hall–Kier alpha value is -2.33. The summed E-state index contributed by atoms with van der Waals surface area (Å²) in [6.45, 7) is 1.30. The van der Waals surface area contributed by atoms with Crippen LogP contribution in [0.2, 0.25) is 0 Å². The summed E-state index contributed by atoms with van der Waals surface area (Å²) >= 11 is 0. The highest BCUT2D eigenvalue weighted by molar-refractivity contribution is 7.87. The van der Waals surface area contributed by atoms with Gasteiger partial charge in [-0.05, 0) is 48.4 Å². The molecule has 0 saturated carbocycles. The van der Waals surface area contributed by atoms with Crippen LogP contribution >= 0.6 is 0 Å². The van der Waals surface area contributed by atoms with E-state index < -0.39 is 16.3 Å². The highest BCUT2D eigenvalue weighted by atomic mass is 32.2. The molecule has 4 rings (SSSR count). The first-order chi connectivity index (χ1) is 14.9. The van der Waals surface area contributed by atoms with E-state index in [1.807, 2.05) is 30.3 Å². The van der Waals surface area contributed by atoms with E-state index in [4.69, 9.17) is 4.84 Å². The normalized spacial score (nSPS) is 21.0. The van der Waals surface area contributed by atoms with Gasteiger partial charge in [0, 0.05) is 13.1 Å². The molecule has 0 aromatic heterocycles. The van der Waals surface area contributed by atoms with Crippen LogP contribution in [0, 0.1) is 5.82 Å². The second-order valence-corrected chi connectivity index (χ2v) is 9.59. The third-order valence-corrected chi connectivity index (χ3v) is 7.45. The van der Waals surface area contributed by atoms with Crippen molar-refractivity contribution in [2.45, 2.75) is 37.8 Å². The van der Waals surface area contributed by atoms with Crippen molar-refractivity contribution in [1.29, 1.82) is 0 Å². The highest BCUT2D eigenvalue weighted by Gasteiger charge is 2.38. The van der Waals surface area contributed by atoms with Crippen LogP contribution in [0.15, 0.2) is 54.6 Å². The number of piperidine rings is 1. The quantitative estimate of drug-likeness (QED) is 0.708. The fourth-order valence-corrected chi connectivity index (χ4v) is 5.46. The van der Waals surface area contributed by atoms with E-state index in [9.17, 15) is 17.6 Å². The maximum atomic E-state index is 13.1. The zero-order valence-electron chi connectivity index (χ0n) is 17.1. The van der Waals surface area contributed by atoms with Crippen LogP contribution in [0.25, 0.3) is 0 Å². The van der Waals surface area contributed by atoms with Crippen molar-refractivity contribution in [3.63, 3.8) is 0 Å². The Balaban J connectivity index is 1.29. The Morgan fingerprint density at radius 3 is 2.32 bits per heavy atom. The van der Waals surface area contributed by atoms with Crippen molar-refractivity contribution < 1.29 is 22.4 Å². The Morgan fingerprint density at radius 1 is 0.968 bits per heavy atom. The first kappa shape index (κ1) is 21.9. The average Bonchev–Trinajstić information content (AvgIpc) is 3.12. The number of hydrogen-bond acceptors (Lipinski definition) is 4. The van der Waals surface area contributed by atoms with E-state index in [-0.39, 0.29) is 24.2 Å². The number of nitrogens with zero attached hydrogens (tertiary/aromatic N) is 2. The molecule has 1 atom stereocenters. The number of carbonyl (C=O) groups is 1. The summed E-state index contributed by atoms with van der Waals surface area (Å²) in [5, 5.41) is 1.24. The van der Waals surface area contributed by atoms with E-state index in [2.05, 4.69) is 4.72 Å². The summed E-state index contributed by atoms with van der Waals surface area (Å²) in [4.78, 5) is 18.1. The van der Waals surface area contributed by atoms with Crippen molar-refractivity contribution in [2.75, 3.05) is 19.6 Å². The number of benzene rings is 2. The summed E-state index contributed by atoms with van der Waals surface area (Å²) in [7, 11) is -3.78. The zero-order chi connectivity index (χ0) is 21.8. The van der Waals surface area contributed by atoms with Gasteiger partial charge in [-0.15, -0.1) is 0 Å². The van der Waals surface area contributed by atoms with Gasteiger partial charge in [0.15, 0.2) is 0 Å². The van der Waals surface area contributed by atoms with Crippen LogP contribution < -0.4 is 4.72 Å². The molecule has 1 amide bonds. The second kappa shape index (κ2) is 9.44. The van der Waals surface area contributed by atoms with Gasteiger partial charge < -0.3 is 0 Å². The Morgan fingerprint density at radius 2 is 1.65 bits per heavy atom. The predicted octanol–water partition coefficient (Wildman–Crippen LogP) is 2.57. The Kier molecular flexibility index (Phi) is 6.66. The van der Waals surface area contributed by atoms with Gasteiger partial charge >= 0.3 is 0 Å². The lowest BCUT2D eigenvalue weighted by Crippen LogP contribution is -2.50. The molecule has 2 heterocycles. The van der Waals surface area contributed by atoms with Crippen molar-refractivity contribution >= 4 is 16.1 Å². The van der Waals surface area contributed by atoms with Crippen LogP contribution in [0.5, 0.6) is 0 Å². The fourth-order valence-electron chi connectivity index (χ4n) is 4.04. The molecule has 2 fully saturated rings. The molecule has 0 radical (unpaired) electrons. The fraction of sp³-hybridized carbons (Fsp3) is 0.409. The maximum absolute atomic E-state index is 13.1. The third kappa shape index (κ3) is 5.30. The number of halogens is 1. The second-order valence-electron chi connectivity index (χ2n) is 7.89. The lowest BCUT2D eigenvalue weighted by atomic mass is 9.90. The number of nitrogens with one attached hydrogen (secondary N) is 1. The molecule has 0 aliphatic carbocycles. The van der Waals surface area contributed by atoms with Gasteiger partial charge in [0.2, 0.25) is 0 Å². The molecule has 31 heavy (non-hydrogen) atoms. The molecule has 2 aromatic carbocycles. The molecular weight excluding hydrogens is 421 g/mol. The molecule has 1 N–H and O–H groups in total. The largest absolute Gasteiger partial charge is 0.280 e. The molecule has 2 aliphatic rings. The van der Waals surface area contributed by atoms with Crippen molar-refractivity contribution in [2.24, 2.45) is 0 Å². The summed E-state index contributed by atoms with van der Waals surface area (Å²) in [5.74, 6) is -0.460. The first-order valence-corrected chi connectivity index (χ1v) is 11.9. The average molecular weight is 448 g/mol. The number of hydroxylamine groups is 2. The summed E-state index contributed by atoms with van der Waals surface area (Å²) in [6.07, 6.45) is 1.66. The minimum absolute atomic E-state index is 0.196. The summed E-state index contributed by atoms with van der Waals surface area (Å²) < 4.78 is 42.7. The van der Waals surface area contributed by atoms with Crippen LogP contribution in [0.1, 0.15) is 36.3 Å². The van der Waals surface area contributed by atoms with E-state index in [0.717, 1.165) is 11.1 Å². The van der Waals surface area contributed by atoms with Gasteiger partial charge in [-0.1, -0.05) is 42.5 Å². The lowest BCUT2D eigenvalue weighted by molar-refractivity contribution is -0.183. The summed E-state index contributed by atoms with van der Waals surface area (Å²) in [5.41, 5.74) is 1.95. The molecular formula is C22H26FN3O4S. The van der Waals surface area contributed by atoms with Crippen molar-refractivity contribution in [1.82, 2.24) is 14.1 Å². The molecule has 0 spiro atoms. The Labute approximate surface area is 181 Å². The van der Waals surface area contributed by atoms with Gasteiger partial charge in [-0.2, -0.15) is 17.4 Å². The molecule has 0 bridgehead atoms. The molecule has 2 aromatic rings. The first-order valence-electron chi connectivity index (χ1n) is 10.4. The summed E-state index contributed by atoms with van der Waals surface area (Å²) in [6, 6.07) is 15.0. The molecule has 2 aliphatic heterocycles. The van der Waals surface area contributed by atoms with Gasteiger partial charge in [-0.25, -0.2) is 9.45 Å². The van der Waals surface area contributed by atoms with Crippen LogP contribution in [0.4, 0.5) is 4.39 Å². The monoisotopic (exact) mass is 447 g/mol. The minimum Gasteiger partial charge on any atom is -0.271 e. The third-order valence-electron chi connectivity index (χ3n) is 5.82. The van der Waals surface area contributed by atoms with Gasteiger partial charge in [0.05, 0.1) is 6.54 Å². The van der Waals surface area contributed by atoms with Gasteiger partial charge in [-0.3, -0.25) is 9.63 Å². The van der Waals surface area contributed by atoms with E-state index in [1.165, 1.54) is 21.5 Å².